The second kappa shape index (κ2) is 15.9. The number of carboxylic acids is 1. The van der Waals surface area contributed by atoms with E-state index in [4.69, 9.17) is 9.47 Å². The van der Waals surface area contributed by atoms with Gasteiger partial charge in [-0.15, -0.1) is 0 Å². The highest BCUT2D eigenvalue weighted by Crippen LogP contribution is 2.44. The Morgan fingerprint density at radius 3 is 2.21 bits per heavy atom. The molecule has 2 N–H and O–H groups in total. The SMILES string of the molecule is CCC[C@H]1N(C(=O)c2ncccc2C(F)(F)F)CCC[C@@]1(Oc1ccc(C(F)(F)F)cc1)C(=O)N1CCC(O)(c2ccccc2O[C@@H]2CCC(C(=O)O)C2)CC1. The number of aliphatic hydroxyl groups is 1. The number of piperidine rings is 2. The second-order valence-electron chi connectivity index (χ2n) is 14.7. The van der Waals surface area contributed by atoms with Crippen molar-refractivity contribution in [3.05, 3.63) is 89.2 Å². The lowest BCUT2D eigenvalue weighted by Gasteiger charge is -2.51. The summed E-state index contributed by atoms with van der Waals surface area (Å²) in [5.74, 6) is -2.82. The Balaban J connectivity index is 1.31. The van der Waals surface area contributed by atoms with Crippen LogP contribution >= 0.6 is 0 Å². The van der Waals surface area contributed by atoms with E-state index in [-0.39, 0.29) is 63.6 Å². The lowest BCUT2D eigenvalue weighted by Crippen LogP contribution is -2.68. The number of rotatable bonds is 10. The number of nitrogens with zero attached hydrogens (tertiary/aromatic N) is 3. The molecular formula is C40H43F6N3O7. The molecule has 16 heteroatoms. The minimum absolute atomic E-state index is 0.00812. The first-order valence-electron chi connectivity index (χ1n) is 18.7. The lowest BCUT2D eigenvalue weighted by atomic mass is 9.78. The first kappa shape index (κ1) is 40.8. The van der Waals surface area contributed by atoms with Crippen LogP contribution in [-0.4, -0.2) is 80.2 Å². The second-order valence-corrected chi connectivity index (χ2v) is 14.7. The summed E-state index contributed by atoms with van der Waals surface area (Å²) in [6, 6.07) is 11.3. The minimum atomic E-state index is -4.91. The third kappa shape index (κ3) is 8.30. The number of ether oxygens (including phenoxy) is 2. The molecule has 3 aliphatic rings. The fraction of sp³-hybridized carbons (Fsp3) is 0.500. The standard InChI is InChI=1S/C40H43F6N3O7/c1-2-7-32-38(56-27-15-12-26(13-16-27)39(41,42)43,17-6-21-49(32)34(50)33-30(40(44,45)46)9-5-20-47-33)36(53)48-22-18-37(54,19-23-48)29-8-3-4-10-31(29)55-28-14-11-25(24-28)35(51)52/h3-5,8-10,12-13,15-16,20,25,28,32,54H,2,6-7,11,14,17-19,21-24H2,1H3,(H,51,52)/t25?,28-,32-,38+/m1/s1. The van der Waals surface area contributed by atoms with Crippen molar-refractivity contribution in [1.29, 1.82) is 0 Å². The van der Waals surface area contributed by atoms with Crippen molar-refractivity contribution in [1.82, 2.24) is 14.8 Å². The number of hydrogen-bond acceptors (Lipinski definition) is 7. The number of hydrogen-bond donors (Lipinski definition) is 2. The Morgan fingerprint density at radius 1 is 0.893 bits per heavy atom. The first-order chi connectivity index (χ1) is 26.5. The smallest absolute Gasteiger partial charge is 0.418 e. The lowest BCUT2D eigenvalue weighted by molar-refractivity contribution is -0.163. The van der Waals surface area contributed by atoms with Crippen molar-refractivity contribution in [2.75, 3.05) is 19.6 Å². The molecule has 56 heavy (non-hydrogen) atoms. The monoisotopic (exact) mass is 791 g/mol. The van der Waals surface area contributed by atoms with Gasteiger partial charge in [0.25, 0.3) is 11.8 Å². The molecular weight excluding hydrogens is 748 g/mol. The first-order valence-corrected chi connectivity index (χ1v) is 18.7. The molecule has 3 aromatic rings. The fourth-order valence-corrected chi connectivity index (χ4v) is 8.29. The van der Waals surface area contributed by atoms with Gasteiger partial charge >= 0.3 is 18.3 Å². The van der Waals surface area contributed by atoms with E-state index in [2.05, 4.69) is 4.98 Å². The molecule has 4 atom stereocenters. The Labute approximate surface area is 319 Å². The van der Waals surface area contributed by atoms with Gasteiger partial charge in [0.2, 0.25) is 5.60 Å². The quantitative estimate of drug-likeness (QED) is 0.202. The molecule has 0 bridgehead atoms. The topological polar surface area (TPSA) is 130 Å². The largest absolute Gasteiger partial charge is 0.490 e. The number of likely N-dealkylation sites (tertiary alicyclic amines) is 2. The summed E-state index contributed by atoms with van der Waals surface area (Å²) in [5.41, 5.74) is -5.99. The molecule has 10 nitrogen and oxygen atoms in total. The Bertz CT molecular complexity index is 1900. The van der Waals surface area contributed by atoms with Gasteiger partial charge in [-0.3, -0.25) is 19.4 Å². The third-order valence-electron chi connectivity index (χ3n) is 11.1. The summed E-state index contributed by atoms with van der Waals surface area (Å²) in [6.07, 6.45) is -6.93. The Kier molecular flexibility index (Phi) is 11.6. The molecule has 6 rings (SSSR count). The number of amides is 2. The van der Waals surface area contributed by atoms with Gasteiger partial charge in [-0.25, -0.2) is 0 Å². The number of aliphatic carboxylic acids is 1. The van der Waals surface area contributed by atoms with Crippen LogP contribution in [0.1, 0.15) is 91.9 Å². The average molecular weight is 792 g/mol. The summed E-state index contributed by atoms with van der Waals surface area (Å²) in [7, 11) is 0. The number of para-hydroxylation sites is 1. The van der Waals surface area contributed by atoms with Gasteiger partial charge < -0.3 is 29.5 Å². The maximum absolute atomic E-state index is 15.0. The maximum Gasteiger partial charge on any atom is 0.418 e. The zero-order valence-corrected chi connectivity index (χ0v) is 30.6. The molecule has 0 spiro atoms. The number of benzene rings is 2. The van der Waals surface area contributed by atoms with Crippen LogP contribution in [0, 0.1) is 5.92 Å². The van der Waals surface area contributed by atoms with Crippen LogP contribution in [0.25, 0.3) is 0 Å². The summed E-state index contributed by atoms with van der Waals surface area (Å²) in [4.78, 5) is 47.0. The van der Waals surface area contributed by atoms with E-state index in [1.165, 1.54) is 9.80 Å². The Morgan fingerprint density at radius 2 is 1.59 bits per heavy atom. The van der Waals surface area contributed by atoms with Crippen LogP contribution in [0.2, 0.25) is 0 Å². The van der Waals surface area contributed by atoms with Gasteiger partial charge in [0, 0.05) is 37.8 Å². The van der Waals surface area contributed by atoms with Crippen molar-refractivity contribution >= 4 is 17.8 Å². The van der Waals surface area contributed by atoms with Crippen molar-refractivity contribution < 1.29 is 60.4 Å². The highest BCUT2D eigenvalue weighted by Gasteiger charge is 2.56. The van der Waals surface area contributed by atoms with Crippen molar-refractivity contribution in [3.8, 4) is 11.5 Å². The minimum Gasteiger partial charge on any atom is -0.490 e. The van der Waals surface area contributed by atoms with Crippen LogP contribution in [0.3, 0.4) is 0 Å². The zero-order chi connectivity index (χ0) is 40.5. The Hall–Kier alpha value is -4.86. The summed E-state index contributed by atoms with van der Waals surface area (Å²) in [5, 5.41) is 21.5. The van der Waals surface area contributed by atoms with E-state index in [1.54, 1.807) is 31.2 Å². The third-order valence-corrected chi connectivity index (χ3v) is 11.1. The van der Waals surface area contributed by atoms with E-state index in [9.17, 15) is 50.9 Å². The van der Waals surface area contributed by atoms with Gasteiger partial charge in [0.05, 0.1) is 34.8 Å². The summed E-state index contributed by atoms with van der Waals surface area (Å²) >= 11 is 0. The van der Waals surface area contributed by atoms with Crippen LogP contribution < -0.4 is 9.47 Å². The van der Waals surface area contributed by atoms with Gasteiger partial charge in [0.15, 0.2) is 0 Å². The predicted octanol–water partition coefficient (Wildman–Crippen LogP) is 7.48. The van der Waals surface area contributed by atoms with Gasteiger partial charge in [-0.2, -0.15) is 26.3 Å². The molecule has 1 unspecified atom stereocenters. The number of carbonyl (C=O) groups is 3. The number of pyridine rings is 1. The molecule has 1 aliphatic carbocycles. The van der Waals surface area contributed by atoms with Crippen LogP contribution in [-0.2, 0) is 27.5 Å². The molecule has 3 heterocycles. The van der Waals surface area contributed by atoms with Gasteiger partial charge in [0.1, 0.15) is 17.2 Å². The molecule has 2 aromatic carbocycles. The molecule has 2 saturated heterocycles. The van der Waals surface area contributed by atoms with E-state index in [0.717, 1.165) is 42.6 Å². The molecule has 3 fully saturated rings. The number of carboxylic acid groups (broad SMARTS) is 1. The number of carbonyl (C=O) groups excluding carboxylic acids is 2. The normalized spacial score (nSPS) is 24.1. The van der Waals surface area contributed by atoms with E-state index >= 15 is 0 Å². The number of aromatic nitrogens is 1. The number of halogens is 6. The van der Waals surface area contributed by atoms with Crippen LogP contribution in [0.4, 0.5) is 26.3 Å². The molecule has 1 saturated carbocycles. The highest BCUT2D eigenvalue weighted by atomic mass is 19.4. The van der Waals surface area contributed by atoms with E-state index < -0.39 is 70.1 Å². The molecule has 2 amide bonds. The van der Waals surface area contributed by atoms with Crippen molar-refractivity contribution in [2.24, 2.45) is 5.92 Å². The average Bonchev–Trinajstić information content (AvgIpc) is 3.64. The van der Waals surface area contributed by atoms with Gasteiger partial charge in [-0.1, -0.05) is 31.5 Å². The highest BCUT2D eigenvalue weighted by molar-refractivity contribution is 5.96. The van der Waals surface area contributed by atoms with E-state index in [1.807, 2.05) is 0 Å². The van der Waals surface area contributed by atoms with Crippen LogP contribution in [0.15, 0.2) is 66.9 Å². The fourth-order valence-electron chi connectivity index (χ4n) is 8.29. The summed E-state index contributed by atoms with van der Waals surface area (Å²) in [6.45, 7) is 1.70. The van der Waals surface area contributed by atoms with Gasteiger partial charge in [-0.05, 0) is 87.4 Å². The zero-order valence-electron chi connectivity index (χ0n) is 30.6. The predicted molar refractivity (Wildman–Crippen MR) is 189 cm³/mol. The van der Waals surface area contributed by atoms with Crippen molar-refractivity contribution in [3.63, 3.8) is 0 Å². The summed E-state index contributed by atoms with van der Waals surface area (Å²) < 4.78 is 95.3. The molecule has 0 radical (unpaired) electrons. The van der Waals surface area contributed by atoms with Crippen molar-refractivity contribution in [2.45, 2.75) is 100 Å². The van der Waals surface area contributed by atoms with Crippen LogP contribution in [0.5, 0.6) is 11.5 Å². The maximum atomic E-state index is 15.0. The molecule has 302 valence electrons. The van der Waals surface area contributed by atoms with E-state index in [0.29, 0.717) is 37.0 Å². The number of alkyl halides is 6. The molecule has 2 aliphatic heterocycles. The molecule has 1 aromatic heterocycles.